The van der Waals surface area contributed by atoms with E-state index in [9.17, 15) is 8.42 Å². The van der Waals surface area contributed by atoms with Gasteiger partial charge >= 0.3 is 0 Å². The van der Waals surface area contributed by atoms with Crippen molar-refractivity contribution in [1.82, 2.24) is 14.3 Å². The fourth-order valence-electron chi connectivity index (χ4n) is 2.52. The van der Waals surface area contributed by atoms with E-state index in [0.29, 0.717) is 13.1 Å². The Labute approximate surface area is 112 Å². The van der Waals surface area contributed by atoms with E-state index in [4.69, 9.17) is 0 Å². The highest BCUT2D eigenvalue weighted by molar-refractivity contribution is 7.88. The Morgan fingerprint density at radius 1 is 1.21 bits per heavy atom. The van der Waals surface area contributed by atoms with Crippen molar-refractivity contribution in [2.75, 3.05) is 13.1 Å². The molecule has 0 amide bonds. The molecule has 0 radical (unpaired) electrons. The molecule has 1 aliphatic heterocycles. The minimum Gasteiger partial charge on any atom is -0.345 e. The third-order valence-corrected chi connectivity index (χ3v) is 5.39. The lowest BCUT2D eigenvalue weighted by molar-refractivity contribution is 0.346. The maximum atomic E-state index is 12.3. The molecule has 1 saturated heterocycles. The van der Waals surface area contributed by atoms with E-state index in [2.05, 4.69) is 9.97 Å². The van der Waals surface area contributed by atoms with Crippen LogP contribution >= 0.6 is 0 Å². The lowest BCUT2D eigenvalue weighted by Crippen LogP contribution is -2.36. The summed E-state index contributed by atoms with van der Waals surface area (Å²) in [5.41, 5.74) is 2.55. The average Bonchev–Trinajstić information content (AvgIpc) is 2.87. The molecule has 0 unspecified atom stereocenters. The van der Waals surface area contributed by atoms with Crippen LogP contribution in [-0.2, 0) is 15.8 Å². The zero-order chi connectivity index (χ0) is 13.3. The van der Waals surface area contributed by atoms with Gasteiger partial charge in [-0.15, -0.1) is 0 Å². The van der Waals surface area contributed by atoms with Crippen LogP contribution in [0.1, 0.15) is 24.8 Å². The Hall–Kier alpha value is -1.40. The molecule has 1 aromatic heterocycles. The van der Waals surface area contributed by atoms with E-state index in [1.165, 1.54) is 0 Å². The van der Waals surface area contributed by atoms with Crippen molar-refractivity contribution in [3.05, 3.63) is 30.1 Å². The third kappa shape index (κ3) is 2.64. The fourth-order valence-corrected chi connectivity index (χ4v) is 4.12. The quantitative estimate of drug-likeness (QED) is 0.933. The smallest absolute Gasteiger partial charge is 0.218 e. The molecule has 2 heterocycles. The number of nitrogens with zero attached hydrogens (tertiary/aromatic N) is 2. The number of rotatable bonds is 3. The van der Waals surface area contributed by atoms with E-state index in [1.807, 2.05) is 18.2 Å². The van der Waals surface area contributed by atoms with Crippen LogP contribution in [0.3, 0.4) is 0 Å². The molecular weight excluding hydrogens is 262 g/mol. The minimum atomic E-state index is -3.19. The number of aromatic nitrogens is 2. The number of imidazole rings is 1. The highest BCUT2D eigenvalue weighted by atomic mass is 32.2. The lowest BCUT2D eigenvalue weighted by Gasteiger charge is -2.25. The van der Waals surface area contributed by atoms with Crippen molar-refractivity contribution in [3.63, 3.8) is 0 Å². The number of piperidine rings is 1. The first-order valence-electron chi connectivity index (χ1n) is 6.55. The van der Waals surface area contributed by atoms with Crippen molar-refractivity contribution in [2.45, 2.75) is 25.0 Å². The van der Waals surface area contributed by atoms with Gasteiger partial charge in [0, 0.05) is 13.1 Å². The number of nitrogens with one attached hydrogen (secondary N) is 1. The van der Waals surface area contributed by atoms with Gasteiger partial charge in [-0.3, -0.25) is 0 Å². The molecule has 2 aromatic rings. The van der Waals surface area contributed by atoms with E-state index < -0.39 is 10.0 Å². The van der Waals surface area contributed by atoms with Crippen LogP contribution in [0.2, 0.25) is 0 Å². The van der Waals surface area contributed by atoms with Crippen molar-refractivity contribution in [1.29, 1.82) is 0 Å². The number of hydrogen-bond acceptors (Lipinski definition) is 3. The molecule has 6 heteroatoms. The van der Waals surface area contributed by atoms with Gasteiger partial charge in [0.2, 0.25) is 10.0 Å². The molecule has 5 nitrogen and oxygen atoms in total. The summed E-state index contributed by atoms with van der Waals surface area (Å²) in [5, 5.41) is 0. The normalized spacial score (nSPS) is 17.9. The number of fused-ring (bicyclic) bond motifs is 1. The molecule has 1 N–H and O–H groups in total. The predicted octanol–water partition coefficient (Wildman–Crippen LogP) is 1.88. The first kappa shape index (κ1) is 12.6. The van der Waals surface area contributed by atoms with Gasteiger partial charge < -0.3 is 4.98 Å². The molecule has 1 aliphatic rings. The summed E-state index contributed by atoms with van der Waals surface area (Å²) in [5.74, 6) is 0.0714. The molecule has 0 atom stereocenters. The number of sulfonamides is 1. The summed E-state index contributed by atoms with van der Waals surface area (Å²) < 4.78 is 26.3. The monoisotopic (exact) mass is 279 g/mol. The molecule has 1 aromatic carbocycles. The van der Waals surface area contributed by atoms with Crippen LogP contribution in [0.5, 0.6) is 0 Å². The fraction of sp³-hybridized carbons (Fsp3) is 0.462. The lowest BCUT2D eigenvalue weighted by atomic mass is 10.2. The van der Waals surface area contributed by atoms with Gasteiger partial charge in [0.25, 0.3) is 0 Å². The zero-order valence-electron chi connectivity index (χ0n) is 10.7. The summed E-state index contributed by atoms with van der Waals surface area (Å²) in [4.78, 5) is 7.14. The van der Waals surface area contributed by atoms with Crippen LogP contribution < -0.4 is 0 Å². The predicted molar refractivity (Wildman–Crippen MR) is 74.1 cm³/mol. The van der Waals surface area contributed by atoms with Crippen LogP contribution in [0.4, 0.5) is 0 Å². The molecular formula is C13H17N3O2S. The Balaban J connectivity index is 1.82. The second-order valence-corrected chi connectivity index (χ2v) is 6.94. The summed E-state index contributed by atoms with van der Waals surface area (Å²) in [7, 11) is -3.19. The van der Waals surface area contributed by atoms with Gasteiger partial charge in [0.05, 0.1) is 23.1 Å². The Morgan fingerprint density at radius 3 is 2.79 bits per heavy atom. The van der Waals surface area contributed by atoms with Crippen LogP contribution in [0.25, 0.3) is 11.0 Å². The zero-order valence-corrected chi connectivity index (χ0v) is 11.5. The summed E-state index contributed by atoms with van der Waals surface area (Å²) >= 11 is 0. The Kier molecular flexibility index (Phi) is 3.28. The minimum absolute atomic E-state index is 0.0714. The molecule has 102 valence electrons. The summed E-state index contributed by atoms with van der Waals surface area (Å²) in [6, 6.07) is 5.56. The van der Waals surface area contributed by atoms with Crippen LogP contribution in [0.15, 0.2) is 24.5 Å². The van der Waals surface area contributed by atoms with Gasteiger partial charge in [-0.25, -0.2) is 17.7 Å². The molecule has 0 spiro atoms. The maximum Gasteiger partial charge on any atom is 0.218 e. The second-order valence-electron chi connectivity index (χ2n) is 4.97. The highest BCUT2D eigenvalue weighted by Crippen LogP contribution is 2.19. The van der Waals surface area contributed by atoms with E-state index in [0.717, 1.165) is 35.9 Å². The second kappa shape index (κ2) is 4.94. The molecule has 0 saturated carbocycles. The number of H-pyrrole nitrogens is 1. The van der Waals surface area contributed by atoms with Crippen molar-refractivity contribution >= 4 is 21.1 Å². The van der Waals surface area contributed by atoms with Crippen LogP contribution in [-0.4, -0.2) is 35.8 Å². The van der Waals surface area contributed by atoms with Crippen LogP contribution in [0, 0.1) is 0 Å². The molecule has 3 rings (SSSR count). The number of hydrogen-bond donors (Lipinski definition) is 1. The average molecular weight is 279 g/mol. The first-order valence-corrected chi connectivity index (χ1v) is 8.16. The molecule has 0 bridgehead atoms. The summed E-state index contributed by atoms with van der Waals surface area (Å²) in [6.07, 6.45) is 4.69. The van der Waals surface area contributed by atoms with Crippen molar-refractivity contribution in [2.24, 2.45) is 0 Å². The van der Waals surface area contributed by atoms with Crippen molar-refractivity contribution < 1.29 is 8.42 Å². The highest BCUT2D eigenvalue weighted by Gasteiger charge is 2.24. The molecule has 19 heavy (non-hydrogen) atoms. The first-order chi connectivity index (χ1) is 9.15. The van der Waals surface area contributed by atoms with E-state index in [1.54, 1.807) is 10.6 Å². The summed E-state index contributed by atoms with van der Waals surface area (Å²) in [6.45, 7) is 1.32. The largest absolute Gasteiger partial charge is 0.345 e. The topological polar surface area (TPSA) is 66.1 Å². The third-order valence-electron chi connectivity index (χ3n) is 3.54. The van der Waals surface area contributed by atoms with E-state index in [-0.39, 0.29) is 5.75 Å². The van der Waals surface area contributed by atoms with Gasteiger partial charge in [-0.1, -0.05) is 12.5 Å². The number of benzene rings is 1. The Bertz CT molecular complexity index is 672. The van der Waals surface area contributed by atoms with Gasteiger partial charge in [0.1, 0.15) is 0 Å². The van der Waals surface area contributed by atoms with E-state index >= 15 is 0 Å². The molecule has 0 aliphatic carbocycles. The van der Waals surface area contributed by atoms with Crippen molar-refractivity contribution in [3.8, 4) is 0 Å². The number of aromatic amines is 1. The SMILES string of the molecule is O=S(=O)(Cc1ccc2nc[nH]c2c1)N1CCCCC1. The maximum absolute atomic E-state index is 12.3. The molecule has 1 fully saturated rings. The Morgan fingerprint density at radius 2 is 2.00 bits per heavy atom. The van der Waals surface area contributed by atoms with Gasteiger partial charge in [0.15, 0.2) is 0 Å². The van der Waals surface area contributed by atoms with Gasteiger partial charge in [-0.05, 0) is 30.5 Å². The standard InChI is InChI=1S/C13H17N3O2S/c17-19(18,16-6-2-1-3-7-16)9-11-4-5-12-13(8-11)15-10-14-12/h4-5,8,10H,1-3,6-7,9H2,(H,14,15). The van der Waals surface area contributed by atoms with Gasteiger partial charge in [-0.2, -0.15) is 0 Å².